The number of morpholine rings is 1. The van der Waals surface area contributed by atoms with Gasteiger partial charge in [0, 0.05) is 42.3 Å². The van der Waals surface area contributed by atoms with E-state index in [1.807, 2.05) is 36.5 Å². The van der Waals surface area contributed by atoms with E-state index in [0.717, 1.165) is 36.4 Å². The minimum atomic E-state index is -0.122. The van der Waals surface area contributed by atoms with Crippen LogP contribution in [0.2, 0.25) is 0 Å². The molecule has 4 rings (SSSR count). The van der Waals surface area contributed by atoms with Crippen LogP contribution in [0.25, 0.3) is 11.1 Å². The molecule has 0 saturated carbocycles. The number of benzene rings is 2. The Hall–Kier alpha value is -3.69. The molecule has 1 atom stereocenters. The van der Waals surface area contributed by atoms with E-state index in [0.29, 0.717) is 23.8 Å². The second kappa shape index (κ2) is 10.3. The Bertz CT molecular complexity index is 1170. The van der Waals surface area contributed by atoms with Gasteiger partial charge in [0.1, 0.15) is 0 Å². The molecule has 1 aliphatic rings. The van der Waals surface area contributed by atoms with Gasteiger partial charge in [-0.2, -0.15) is 5.26 Å². The third-order valence-corrected chi connectivity index (χ3v) is 6.00. The summed E-state index contributed by atoms with van der Waals surface area (Å²) in [5.41, 5.74) is 6.66. The number of pyridine rings is 1. The summed E-state index contributed by atoms with van der Waals surface area (Å²) in [6, 6.07) is 20.2. The molecule has 0 bridgehead atoms. The van der Waals surface area contributed by atoms with E-state index in [2.05, 4.69) is 53.3 Å². The molecular weight excluding hydrogens is 412 g/mol. The minimum Gasteiger partial charge on any atom is -0.377 e. The van der Waals surface area contributed by atoms with Gasteiger partial charge in [-0.15, -0.1) is 0 Å². The van der Waals surface area contributed by atoms with Gasteiger partial charge in [0.25, 0.3) is 0 Å². The molecule has 0 unspecified atom stereocenters. The number of hydrogen-bond acceptors (Lipinski definition) is 5. The Kier molecular flexibility index (Phi) is 7.01. The average Bonchev–Trinajstić information content (AvgIpc) is 2.84. The predicted octanol–water partition coefficient (Wildman–Crippen LogP) is 4.01. The number of carbonyl (C=O) groups is 1. The number of aryl methyl sites for hydroxylation is 1. The first-order chi connectivity index (χ1) is 16.0. The van der Waals surface area contributed by atoms with E-state index in [9.17, 15) is 10.1 Å². The SMILES string of the molecule is Cc1cc(N2CCOC[C@@H]2C)ccc1-c1ccc(CC(=O)NCc2ccccc2C#N)nc1. The van der Waals surface area contributed by atoms with Crippen molar-refractivity contribution in [2.24, 2.45) is 0 Å². The number of nitrogens with zero attached hydrogens (tertiary/aromatic N) is 3. The molecule has 33 heavy (non-hydrogen) atoms. The number of anilines is 1. The van der Waals surface area contributed by atoms with Crippen molar-refractivity contribution in [3.63, 3.8) is 0 Å². The standard InChI is InChI=1S/C27H28N4O2/c1-19-13-25(31-11-12-33-18-20(31)2)9-10-26(19)23-7-8-24(29-17-23)14-27(32)30-16-22-6-4-3-5-21(22)15-28/h3-10,13,17,20H,11-12,14,16,18H2,1-2H3,(H,30,32)/t20-/m0/s1. The summed E-state index contributed by atoms with van der Waals surface area (Å²) in [4.78, 5) is 19.3. The second-order valence-corrected chi connectivity index (χ2v) is 8.38. The van der Waals surface area contributed by atoms with Crippen molar-refractivity contribution < 1.29 is 9.53 Å². The summed E-state index contributed by atoms with van der Waals surface area (Å²) in [6.45, 7) is 7.04. The third kappa shape index (κ3) is 5.39. The minimum absolute atomic E-state index is 0.122. The second-order valence-electron chi connectivity index (χ2n) is 8.38. The van der Waals surface area contributed by atoms with Crippen LogP contribution in [-0.2, 0) is 22.5 Å². The quantitative estimate of drug-likeness (QED) is 0.627. The summed E-state index contributed by atoms with van der Waals surface area (Å²) in [5, 5.41) is 12.0. The van der Waals surface area contributed by atoms with Crippen LogP contribution in [-0.4, -0.2) is 36.7 Å². The van der Waals surface area contributed by atoms with Gasteiger partial charge in [0.2, 0.25) is 5.91 Å². The lowest BCUT2D eigenvalue weighted by Crippen LogP contribution is -2.43. The lowest BCUT2D eigenvalue weighted by Gasteiger charge is -2.35. The molecular formula is C27H28N4O2. The fourth-order valence-corrected chi connectivity index (χ4v) is 4.15. The third-order valence-electron chi connectivity index (χ3n) is 6.00. The van der Waals surface area contributed by atoms with Crippen LogP contribution in [0.5, 0.6) is 0 Å². The van der Waals surface area contributed by atoms with E-state index >= 15 is 0 Å². The van der Waals surface area contributed by atoms with E-state index in [-0.39, 0.29) is 12.3 Å². The predicted molar refractivity (Wildman–Crippen MR) is 129 cm³/mol. The van der Waals surface area contributed by atoms with Gasteiger partial charge in [0.05, 0.1) is 31.3 Å². The summed E-state index contributed by atoms with van der Waals surface area (Å²) in [6.07, 6.45) is 2.02. The maximum atomic E-state index is 12.4. The average molecular weight is 441 g/mol. The van der Waals surface area contributed by atoms with Crippen molar-refractivity contribution in [1.82, 2.24) is 10.3 Å². The van der Waals surface area contributed by atoms with Crippen LogP contribution in [0.4, 0.5) is 5.69 Å². The Morgan fingerprint density at radius 2 is 2.09 bits per heavy atom. The fourth-order valence-electron chi connectivity index (χ4n) is 4.15. The largest absolute Gasteiger partial charge is 0.377 e. The van der Waals surface area contributed by atoms with E-state index < -0.39 is 0 Å². The number of ether oxygens (including phenoxy) is 1. The summed E-state index contributed by atoms with van der Waals surface area (Å²) in [7, 11) is 0. The zero-order valence-corrected chi connectivity index (χ0v) is 19.0. The highest BCUT2D eigenvalue weighted by atomic mass is 16.5. The van der Waals surface area contributed by atoms with Gasteiger partial charge >= 0.3 is 0 Å². The molecule has 1 saturated heterocycles. The first kappa shape index (κ1) is 22.5. The van der Waals surface area contributed by atoms with Crippen molar-refractivity contribution in [3.8, 4) is 17.2 Å². The number of amides is 1. The number of carbonyl (C=O) groups excluding carboxylic acids is 1. The smallest absolute Gasteiger partial charge is 0.226 e. The van der Waals surface area contributed by atoms with E-state index in [1.54, 1.807) is 6.07 Å². The number of nitriles is 1. The highest BCUT2D eigenvalue weighted by Gasteiger charge is 2.19. The first-order valence-corrected chi connectivity index (χ1v) is 11.2. The maximum absolute atomic E-state index is 12.4. The van der Waals surface area contributed by atoms with Gasteiger partial charge in [-0.25, -0.2) is 0 Å². The lowest BCUT2D eigenvalue weighted by atomic mass is 10.00. The molecule has 6 heteroatoms. The van der Waals surface area contributed by atoms with Gasteiger partial charge in [0.15, 0.2) is 0 Å². The zero-order chi connectivity index (χ0) is 23.2. The molecule has 1 N–H and O–H groups in total. The number of hydrogen-bond donors (Lipinski definition) is 1. The van der Waals surface area contributed by atoms with Crippen LogP contribution < -0.4 is 10.2 Å². The summed E-state index contributed by atoms with van der Waals surface area (Å²) in [5.74, 6) is -0.122. The number of aromatic nitrogens is 1. The maximum Gasteiger partial charge on any atom is 0.226 e. The molecule has 0 radical (unpaired) electrons. The van der Waals surface area contributed by atoms with Gasteiger partial charge < -0.3 is 15.0 Å². The number of nitrogens with one attached hydrogen (secondary N) is 1. The molecule has 2 heterocycles. The molecule has 2 aromatic carbocycles. The van der Waals surface area contributed by atoms with Crippen LogP contribution in [0.15, 0.2) is 60.8 Å². The fraction of sp³-hybridized carbons (Fsp3) is 0.296. The summed E-state index contributed by atoms with van der Waals surface area (Å²) >= 11 is 0. The van der Waals surface area contributed by atoms with Crippen molar-refractivity contribution in [1.29, 1.82) is 5.26 Å². The van der Waals surface area contributed by atoms with Gasteiger partial charge in [-0.3, -0.25) is 9.78 Å². The molecule has 1 aliphatic heterocycles. The zero-order valence-electron chi connectivity index (χ0n) is 19.0. The normalized spacial score (nSPS) is 15.7. The van der Waals surface area contributed by atoms with Crippen LogP contribution >= 0.6 is 0 Å². The van der Waals surface area contributed by atoms with Gasteiger partial charge in [-0.1, -0.05) is 30.3 Å². The Morgan fingerprint density at radius 3 is 2.82 bits per heavy atom. The Labute approximate surface area is 194 Å². The van der Waals surface area contributed by atoms with Crippen molar-refractivity contribution >= 4 is 11.6 Å². The lowest BCUT2D eigenvalue weighted by molar-refractivity contribution is -0.120. The molecule has 168 valence electrons. The van der Waals surface area contributed by atoms with Crippen molar-refractivity contribution in [2.75, 3.05) is 24.7 Å². The topological polar surface area (TPSA) is 78.2 Å². The van der Waals surface area contributed by atoms with Crippen molar-refractivity contribution in [3.05, 3.63) is 83.2 Å². The first-order valence-electron chi connectivity index (χ1n) is 11.2. The van der Waals surface area contributed by atoms with Crippen LogP contribution in [0.1, 0.15) is 29.3 Å². The molecule has 3 aromatic rings. The highest BCUT2D eigenvalue weighted by molar-refractivity contribution is 5.78. The monoisotopic (exact) mass is 440 g/mol. The molecule has 1 fully saturated rings. The van der Waals surface area contributed by atoms with Gasteiger partial charge in [-0.05, 0) is 54.8 Å². The van der Waals surface area contributed by atoms with Crippen LogP contribution in [0, 0.1) is 18.3 Å². The molecule has 1 aromatic heterocycles. The summed E-state index contributed by atoms with van der Waals surface area (Å²) < 4.78 is 5.55. The highest BCUT2D eigenvalue weighted by Crippen LogP contribution is 2.28. The Balaban J connectivity index is 1.39. The van der Waals surface area contributed by atoms with E-state index in [4.69, 9.17) is 4.74 Å². The molecule has 6 nitrogen and oxygen atoms in total. The molecule has 0 spiro atoms. The Morgan fingerprint density at radius 1 is 1.24 bits per heavy atom. The van der Waals surface area contributed by atoms with Crippen molar-refractivity contribution in [2.45, 2.75) is 32.9 Å². The van der Waals surface area contributed by atoms with Crippen LogP contribution in [0.3, 0.4) is 0 Å². The molecule has 0 aliphatic carbocycles. The number of rotatable bonds is 6. The molecule has 1 amide bonds. The van der Waals surface area contributed by atoms with E-state index in [1.165, 1.54) is 11.3 Å².